The zero-order valence-corrected chi connectivity index (χ0v) is 9.42. The summed E-state index contributed by atoms with van der Waals surface area (Å²) in [6.45, 7) is 2.72. The van der Waals surface area contributed by atoms with E-state index in [4.69, 9.17) is 4.52 Å². The number of rotatable bonds is 3. The van der Waals surface area contributed by atoms with E-state index < -0.39 is 0 Å². The molecule has 0 amide bonds. The van der Waals surface area contributed by atoms with Gasteiger partial charge in [0.25, 0.3) is 0 Å². The maximum absolute atomic E-state index is 4.76. The van der Waals surface area contributed by atoms with Crippen LogP contribution in [0.25, 0.3) is 5.65 Å². The Hall–Kier alpha value is -2.30. The van der Waals surface area contributed by atoms with Gasteiger partial charge in [-0.1, -0.05) is 11.2 Å². The van der Waals surface area contributed by atoms with Crippen LogP contribution in [-0.2, 0) is 6.54 Å². The molecule has 0 spiro atoms. The first kappa shape index (κ1) is 9.89. The van der Waals surface area contributed by atoms with E-state index in [1.165, 1.54) is 5.56 Å². The van der Waals surface area contributed by atoms with Crippen LogP contribution >= 0.6 is 0 Å². The fourth-order valence-electron chi connectivity index (χ4n) is 1.82. The molecule has 3 rings (SSSR count). The number of aryl methyl sites for hydroxylation is 1. The van der Waals surface area contributed by atoms with Gasteiger partial charge in [-0.15, -0.1) is 0 Å². The Labute approximate surface area is 98.1 Å². The van der Waals surface area contributed by atoms with Crippen LogP contribution in [0.2, 0.25) is 0 Å². The van der Waals surface area contributed by atoms with Crippen LogP contribution in [0.15, 0.2) is 41.4 Å². The minimum atomic E-state index is 0.664. The van der Waals surface area contributed by atoms with Gasteiger partial charge < -0.3 is 14.2 Å². The second kappa shape index (κ2) is 3.93. The molecule has 3 aromatic rings. The van der Waals surface area contributed by atoms with E-state index in [2.05, 4.69) is 32.8 Å². The summed E-state index contributed by atoms with van der Waals surface area (Å²) in [5, 5.41) is 6.97. The van der Waals surface area contributed by atoms with Crippen molar-refractivity contribution in [2.75, 3.05) is 5.32 Å². The first-order valence-electron chi connectivity index (χ1n) is 5.40. The van der Waals surface area contributed by atoms with Crippen molar-refractivity contribution in [3.8, 4) is 0 Å². The van der Waals surface area contributed by atoms with Crippen molar-refractivity contribution in [3.05, 3.63) is 48.1 Å². The van der Waals surface area contributed by atoms with E-state index in [9.17, 15) is 0 Å². The maximum Gasteiger partial charge on any atom is 0.169 e. The number of anilines is 1. The first-order valence-corrected chi connectivity index (χ1v) is 5.40. The zero-order chi connectivity index (χ0) is 11.7. The Morgan fingerprint density at radius 1 is 1.41 bits per heavy atom. The Morgan fingerprint density at radius 2 is 2.35 bits per heavy atom. The van der Waals surface area contributed by atoms with Gasteiger partial charge in [0.05, 0.1) is 18.4 Å². The Kier molecular flexibility index (Phi) is 2.29. The molecule has 0 saturated heterocycles. The highest BCUT2D eigenvalue weighted by Gasteiger charge is 2.05. The summed E-state index contributed by atoms with van der Waals surface area (Å²) in [7, 11) is 0. The molecule has 0 aliphatic rings. The number of nitrogens with zero attached hydrogens (tertiary/aromatic N) is 3. The molecule has 0 saturated carbocycles. The molecular formula is C12H12N4O. The molecule has 3 aromatic heterocycles. The highest BCUT2D eigenvalue weighted by atomic mass is 16.5. The van der Waals surface area contributed by atoms with Gasteiger partial charge in [-0.25, -0.2) is 4.98 Å². The Morgan fingerprint density at radius 3 is 3.18 bits per heavy atom. The van der Waals surface area contributed by atoms with Crippen molar-refractivity contribution in [2.45, 2.75) is 13.5 Å². The zero-order valence-electron chi connectivity index (χ0n) is 9.42. The molecule has 5 nitrogen and oxygen atoms in total. The van der Waals surface area contributed by atoms with E-state index in [0.717, 1.165) is 17.2 Å². The lowest BCUT2D eigenvalue weighted by molar-refractivity contribution is 0.422. The summed E-state index contributed by atoms with van der Waals surface area (Å²) in [5.74, 6) is 0.729. The number of aromatic nitrogens is 3. The second-order valence-electron chi connectivity index (χ2n) is 3.87. The number of hydrogen-bond donors (Lipinski definition) is 1. The predicted octanol–water partition coefficient (Wildman–Crippen LogP) is 2.24. The SMILES string of the molecule is Cc1cccn2c(CNc3ccon3)cnc12. The molecule has 3 heterocycles. The molecule has 0 aliphatic heterocycles. The Balaban J connectivity index is 1.88. The van der Waals surface area contributed by atoms with E-state index in [0.29, 0.717) is 6.54 Å². The van der Waals surface area contributed by atoms with Gasteiger partial charge in [0.15, 0.2) is 5.82 Å². The minimum absolute atomic E-state index is 0.664. The fourth-order valence-corrected chi connectivity index (χ4v) is 1.82. The van der Waals surface area contributed by atoms with E-state index in [1.54, 1.807) is 12.3 Å². The van der Waals surface area contributed by atoms with Gasteiger partial charge in [0.2, 0.25) is 0 Å². The lowest BCUT2D eigenvalue weighted by Gasteiger charge is -2.03. The van der Waals surface area contributed by atoms with E-state index in [1.807, 2.05) is 18.5 Å². The quantitative estimate of drug-likeness (QED) is 0.747. The van der Waals surface area contributed by atoms with Gasteiger partial charge in [-0.2, -0.15) is 0 Å². The van der Waals surface area contributed by atoms with Crippen molar-refractivity contribution in [1.82, 2.24) is 14.5 Å². The third-order valence-electron chi connectivity index (χ3n) is 2.70. The lowest BCUT2D eigenvalue weighted by Crippen LogP contribution is -2.02. The van der Waals surface area contributed by atoms with Crippen LogP contribution in [0, 0.1) is 6.92 Å². The molecular weight excluding hydrogens is 216 g/mol. The van der Waals surface area contributed by atoms with Crippen molar-refractivity contribution in [3.63, 3.8) is 0 Å². The summed E-state index contributed by atoms with van der Waals surface area (Å²) in [4.78, 5) is 4.40. The van der Waals surface area contributed by atoms with Crippen LogP contribution < -0.4 is 5.32 Å². The lowest BCUT2D eigenvalue weighted by atomic mass is 10.3. The number of nitrogens with one attached hydrogen (secondary N) is 1. The summed E-state index contributed by atoms with van der Waals surface area (Å²) in [5.41, 5.74) is 3.25. The van der Waals surface area contributed by atoms with Crippen LogP contribution in [0.5, 0.6) is 0 Å². The standard InChI is InChI=1S/C12H12N4O/c1-9-3-2-5-16-10(8-14-12(9)16)7-13-11-4-6-17-15-11/h2-6,8H,7H2,1H3,(H,13,15). The van der Waals surface area contributed by atoms with Gasteiger partial charge in [0.1, 0.15) is 11.9 Å². The fraction of sp³-hybridized carbons (Fsp3) is 0.167. The molecule has 0 bridgehead atoms. The van der Waals surface area contributed by atoms with Crippen molar-refractivity contribution in [2.24, 2.45) is 0 Å². The molecule has 5 heteroatoms. The van der Waals surface area contributed by atoms with E-state index in [-0.39, 0.29) is 0 Å². The average molecular weight is 228 g/mol. The average Bonchev–Trinajstić information content (AvgIpc) is 2.95. The number of imidazole rings is 1. The minimum Gasteiger partial charge on any atom is -0.363 e. The highest BCUT2D eigenvalue weighted by Crippen LogP contribution is 2.12. The van der Waals surface area contributed by atoms with Gasteiger partial charge in [-0.05, 0) is 18.6 Å². The molecule has 0 fully saturated rings. The number of pyridine rings is 1. The molecule has 0 aliphatic carbocycles. The van der Waals surface area contributed by atoms with Crippen LogP contribution in [0.1, 0.15) is 11.3 Å². The maximum atomic E-state index is 4.76. The smallest absolute Gasteiger partial charge is 0.169 e. The molecule has 0 unspecified atom stereocenters. The molecule has 1 N–H and O–H groups in total. The van der Waals surface area contributed by atoms with Gasteiger partial charge in [0, 0.05) is 12.3 Å². The third kappa shape index (κ3) is 1.75. The topological polar surface area (TPSA) is 55.4 Å². The first-order chi connectivity index (χ1) is 8.34. The summed E-state index contributed by atoms with van der Waals surface area (Å²) in [6.07, 6.45) is 5.42. The van der Waals surface area contributed by atoms with Crippen LogP contribution in [0.4, 0.5) is 5.82 Å². The molecule has 0 radical (unpaired) electrons. The summed E-state index contributed by atoms with van der Waals surface area (Å²) < 4.78 is 6.83. The normalized spacial score (nSPS) is 10.9. The van der Waals surface area contributed by atoms with E-state index >= 15 is 0 Å². The van der Waals surface area contributed by atoms with Crippen molar-refractivity contribution >= 4 is 11.5 Å². The van der Waals surface area contributed by atoms with Crippen LogP contribution in [-0.4, -0.2) is 14.5 Å². The summed E-state index contributed by atoms with van der Waals surface area (Å²) >= 11 is 0. The van der Waals surface area contributed by atoms with Crippen molar-refractivity contribution in [1.29, 1.82) is 0 Å². The van der Waals surface area contributed by atoms with Gasteiger partial charge >= 0.3 is 0 Å². The van der Waals surface area contributed by atoms with Crippen LogP contribution in [0.3, 0.4) is 0 Å². The molecule has 17 heavy (non-hydrogen) atoms. The number of fused-ring (bicyclic) bond motifs is 1. The molecule has 0 aromatic carbocycles. The van der Waals surface area contributed by atoms with Gasteiger partial charge in [-0.3, -0.25) is 0 Å². The molecule has 86 valence electrons. The predicted molar refractivity (Wildman–Crippen MR) is 63.8 cm³/mol. The number of hydrogen-bond acceptors (Lipinski definition) is 4. The molecule has 0 atom stereocenters. The highest BCUT2D eigenvalue weighted by molar-refractivity contribution is 5.48. The largest absolute Gasteiger partial charge is 0.363 e. The third-order valence-corrected chi connectivity index (χ3v) is 2.70. The second-order valence-corrected chi connectivity index (χ2v) is 3.87. The Bertz CT molecular complexity index is 627. The monoisotopic (exact) mass is 228 g/mol. The van der Waals surface area contributed by atoms with Crippen molar-refractivity contribution < 1.29 is 4.52 Å². The summed E-state index contributed by atoms with van der Waals surface area (Å²) in [6, 6.07) is 5.86.